The minimum Gasteiger partial charge on any atom is -0.493 e. The van der Waals surface area contributed by atoms with Crippen molar-refractivity contribution < 1.29 is 14.3 Å². The van der Waals surface area contributed by atoms with Crippen LogP contribution in [0.25, 0.3) is 6.08 Å². The number of benzene rings is 4. The molecule has 0 aliphatic carbocycles. The van der Waals surface area contributed by atoms with E-state index in [4.69, 9.17) is 14.7 Å². The van der Waals surface area contributed by atoms with E-state index in [9.17, 15) is 4.79 Å². The normalized spacial score (nSPS) is 11.6. The number of unbranched alkanes of at least 4 members (excludes halogenated alkanes) is 1. The Kier molecular flexibility index (Phi) is 11.3. The van der Waals surface area contributed by atoms with Crippen molar-refractivity contribution in [2.75, 3.05) is 13.7 Å². The Morgan fingerprint density at radius 1 is 0.805 bits per heavy atom. The van der Waals surface area contributed by atoms with E-state index in [-0.39, 0.29) is 11.9 Å². The molecule has 0 aliphatic rings. The smallest absolute Gasteiger partial charge is 0.337 e. The molecule has 0 aliphatic heterocycles. The summed E-state index contributed by atoms with van der Waals surface area (Å²) in [7, 11) is 1.40. The lowest BCUT2D eigenvalue weighted by Gasteiger charge is -2.15. The minimum atomic E-state index is -0.328. The highest BCUT2D eigenvalue weighted by molar-refractivity contribution is 5.89. The van der Waals surface area contributed by atoms with Crippen LogP contribution in [0, 0.1) is 17.2 Å². The first-order valence-corrected chi connectivity index (χ1v) is 14.2. The van der Waals surface area contributed by atoms with Gasteiger partial charge in [-0.2, -0.15) is 5.26 Å². The number of hydrogen-bond acceptors (Lipinski definition) is 4. The summed E-state index contributed by atoms with van der Waals surface area (Å²) in [4.78, 5) is 11.9. The maximum absolute atomic E-state index is 11.9. The second-order valence-corrected chi connectivity index (χ2v) is 10.2. The summed E-state index contributed by atoms with van der Waals surface area (Å²) >= 11 is 0. The van der Waals surface area contributed by atoms with Gasteiger partial charge in [0.2, 0.25) is 0 Å². The Morgan fingerprint density at radius 2 is 1.49 bits per heavy atom. The molecule has 4 aromatic carbocycles. The predicted octanol–water partition coefficient (Wildman–Crippen LogP) is 8.25. The molecule has 0 bridgehead atoms. The summed E-state index contributed by atoms with van der Waals surface area (Å²) in [5.74, 6) is 0.843. The third-order valence-electron chi connectivity index (χ3n) is 7.19. The van der Waals surface area contributed by atoms with E-state index >= 15 is 0 Å². The fourth-order valence-corrected chi connectivity index (χ4v) is 4.81. The van der Waals surface area contributed by atoms with Crippen molar-refractivity contribution in [3.63, 3.8) is 0 Å². The van der Waals surface area contributed by atoms with Gasteiger partial charge < -0.3 is 9.47 Å². The Morgan fingerprint density at radius 3 is 2.22 bits per heavy atom. The maximum Gasteiger partial charge on any atom is 0.337 e. The molecular weight excluding hydrogens is 506 g/mol. The van der Waals surface area contributed by atoms with Crippen LogP contribution in [-0.2, 0) is 24.0 Å². The molecule has 0 aromatic heterocycles. The van der Waals surface area contributed by atoms with Crippen LogP contribution in [0.2, 0.25) is 0 Å². The molecule has 4 heteroatoms. The number of hydrogen-bond donors (Lipinski definition) is 0. The number of nitrogens with zero attached hydrogens (tertiary/aromatic N) is 1. The quantitative estimate of drug-likeness (QED) is 0.119. The molecule has 4 rings (SSSR count). The molecule has 4 nitrogen and oxygen atoms in total. The second-order valence-electron chi connectivity index (χ2n) is 10.2. The van der Waals surface area contributed by atoms with Crippen LogP contribution in [0.1, 0.15) is 57.4 Å². The fourth-order valence-electron chi connectivity index (χ4n) is 4.81. The maximum atomic E-state index is 11.9. The minimum absolute atomic E-state index is 0.272. The van der Waals surface area contributed by atoms with Gasteiger partial charge in [0, 0.05) is 5.56 Å². The molecule has 208 valence electrons. The van der Waals surface area contributed by atoms with Crippen LogP contribution in [-0.4, -0.2) is 19.7 Å². The number of carbonyl (C=O) groups is 1. The molecule has 0 heterocycles. The van der Waals surface area contributed by atoms with Gasteiger partial charge in [0.25, 0.3) is 0 Å². The van der Waals surface area contributed by atoms with E-state index in [1.165, 1.54) is 18.2 Å². The summed E-state index contributed by atoms with van der Waals surface area (Å²) in [5, 5.41) is 9.11. The number of para-hydroxylation sites is 1. The lowest BCUT2D eigenvalue weighted by Crippen LogP contribution is -2.05. The zero-order valence-corrected chi connectivity index (χ0v) is 23.7. The first kappa shape index (κ1) is 29.4. The van der Waals surface area contributed by atoms with Crippen LogP contribution in [0.4, 0.5) is 0 Å². The number of ether oxygens (including phenoxy) is 2. The van der Waals surface area contributed by atoms with E-state index in [0.717, 1.165) is 55.4 Å². The third-order valence-corrected chi connectivity index (χ3v) is 7.19. The molecule has 0 radical (unpaired) electrons. The van der Waals surface area contributed by atoms with Crippen LogP contribution in [0.15, 0.2) is 109 Å². The van der Waals surface area contributed by atoms with Crippen LogP contribution in [0.3, 0.4) is 0 Å². The van der Waals surface area contributed by atoms with Gasteiger partial charge in [0.05, 0.1) is 30.9 Å². The monoisotopic (exact) mass is 543 g/mol. The predicted molar refractivity (Wildman–Crippen MR) is 165 cm³/mol. The van der Waals surface area contributed by atoms with E-state index in [2.05, 4.69) is 54.6 Å². The van der Waals surface area contributed by atoms with Gasteiger partial charge in [-0.05, 0) is 91.5 Å². The SMILES string of the molecule is COC(=O)c1ccc(CC(/C=C/c2ccccc2OCCCCc2ccccc2)CCc2ccc(C#N)cc2)cc1. The van der Waals surface area contributed by atoms with Crippen molar-refractivity contribution in [2.24, 2.45) is 5.92 Å². The van der Waals surface area contributed by atoms with Crippen molar-refractivity contribution in [3.8, 4) is 11.8 Å². The Labute approximate surface area is 243 Å². The summed E-state index contributed by atoms with van der Waals surface area (Å²) in [5.41, 5.74) is 6.03. The highest BCUT2D eigenvalue weighted by atomic mass is 16.5. The summed E-state index contributed by atoms with van der Waals surface area (Å²) < 4.78 is 11.0. The Balaban J connectivity index is 1.41. The molecule has 0 saturated heterocycles. The number of esters is 1. The molecular formula is C37H37NO3. The zero-order valence-electron chi connectivity index (χ0n) is 23.7. The number of allylic oxidation sites excluding steroid dienone is 1. The van der Waals surface area contributed by atoms with Crippen LogP contribution < -0.4 is 4.74 Å². The zero-order chi connectivity index (χ0) is 28.7. The Hall–Kier alpha value is -4.62. The van der Waals surface area contributed by atoms with Crippen molar-refractivity contribution in [2.45, 2.75) is 38.5 Å². The molecule has 0 fully saturated rings. The summed E-state index contributed by atoms with van der Waals surface area (Å²) in [6, 6.07) is 36.4. The summed E-state index contributed by atoms with van der Waals surface area (Å²) in [6.07, 6.45) is 10.3. The number of methoxy groups -OCH3 is 1. The molecule has 4 aromatic rings. The highest BCUT2D eigenvalue weighted by Gasteiger charge is 2.11. The van der Waals surface area contributed by atoms with E-state index < -0.39 is 0 Å². The molecule has 0 amide bonds. The van der Waals surface area contributed by atoms with Crippen molar-refractivity contribution >= 4 is 12.0 Å². The summed E-state index contributed by atoms with van der Waals surface area (Å²) in [6.45, 7) is 0.687. The topological polar surface area (TPSA) is 59.3 Å². The van der Waals surface area contributed by atoms with Crippen molar-refractivity contribution in [1.82, 2.24) is 0 Å². The second kappa shape index (κ2) is 15.8. The fraction of sp³-hybridized carbons (Fsp3) is 0.243. The van der Waals surface area contributed by atoms with Gasteiger partial charge in [-0.3, -0.25) is 0 Å². The van der Waals surface area contributed by atoms with E-state index in [1.54, 1.807) is 0 Å². The molecule has 41 heavy (non-hydrogen) atoms. The Bertz CT molecular complexity index is 1430. The van der Waals surface area contributed by atoms with Crippen molar-refractivity contribution in [1.29, 1.82) is 5.26 Å². The highest BCUT2D eigenvalue weighted by Crippen LogP contribution is 2.24. The van der Waals surface area contributed by atoms with Gasteiger partial charge in [0.1, 0.15) is 5.75 Å². The first-order valence-electron chi connectivity index (χ1n) is 14.2. The van der Waals surface area contributed by atoms with Crippen molar-refractivity contribution in [3.05, 3.63) is 143 Å². The van der Waals surface area contributed by atoms with Gasteiger partial charge in [-0.1, -0.05) is 84.9 Å². The number of aryl methyl sites for hydroxylation is 2. The molecule has 1 unspecified atom stereocenters. The first-order chi connectivity index (χ1) is 20.1. The molecule has 1 atom stereocenters. The van der Waals surface area contributed by atoms with Crippen LogP contribution in [0.5, 0.6) is 5.75 Å². The van der Waals surface area contributed by atoms with Gasteiger partial charge in [-0.15, -0.1) is 0 Å². The molecule has 0 saturated carbocycles. The van der Waals surface area contributed by atoms with Crippen LogP contribution >= 0.6 is 0 Å². The van der Waals surface area contributed by atoms with Gasteiger partial charge in [0.15, 0.2) is 0 Å². The number of nitriles is 1. The van der Waals surface area contributed by atoms with Gasteiger partial charge in [-0.25, -0.2) is 4.79 Å². The standard InChI is InChI=1S/C37H37NO3/c1-40-37(39)35-24-21-32(22-25-35)27-31(17-14-30-15-18-33(28-38)19-16-30)20-23-34-12-5-6-13-36(34)41-26-8-7-11-29-9-3-2-4-10-29/h2-6,9-10,12-13,15-16,18-25,31H,7-8,11,14,17,26-27H2,1H3/b23-20+. The molecule has 0 spiro atoms. The molecule has 0 N–H and O–H groups in total. The van der Waals surface area contributed by atoms with Gasteiger partial charge >= 0.3 is 5.97 Å². The lowest BCUT2D eigenvalue weighted by atomic mass is 9.91. The lowest BCUT2D eigenvalue weighted by molar-refractivity contribution is 0.0600. The average molecular weight is 544 g/mol. The largest absolute Gasteiger partial charge is 0.493 e. The van der Waals surface area contributed by atoms with E-state index in [0.29, 0.717) is 17.7 Å². The van der Waals surface area contributed by atoms with E-state index in [1.807, 2.05) is 66.7 Å². The average Bonchev–Trinajstić information content (AvgIpc) is 3.03. The third kappa shape index (κ3) is 9.51. The number of rotatable bonds is 14. The number of carbonyl (C=O) groups excluding carboxylic acids is 1.